The molecular weight excluding hydrogens is 611 g/mol. The molecule has 0 radical (unpaired) electrons. The molecule has 12 heteroatoms. The highest BCUT2D eigenvalue weighted by Gasteiger charge is 2.49. The average Bonchev–Trinajstić information content (AvgIpc) is 2.94. The first-order chi connectivity index (χ1) is 21.1. The van der Waals surface area contributed by atoms with Crippen LogP contribution in [-0.2, 0) is 43.9 Å². The SMILES string of the molecule is CCCOC(=O)C(C)(C)CC(C)(CC(C)(CC)C(=O)OCCOP(=O)(O)OCC[N+](C)(C)C)C(=O)NCCc1ccc(C)c(C)c1. The number of ether oxygens (including phenoxy) is 2. The number of hydrogen-bond donors (Lipinski definition) is 2. The second-order valence-corrected chi connectivity index (χ2v) is 16.0. The van der Waals surface area contributed by atoms with Crippen LogP contribution in [0.3, 0.4) is 0 Å². The summed E-state index contributed by atoms with van der Waals surface area (Å²) in [7, 11) is 1.47. The van der Waals surface area contributed by atoms with Gasteiger partial charge in [0, 0.05) is 12.0 Å². The number of carbonyl (C=O) groups is 3. The number of phosphoric acid groups is 1. The first kappa shape index (κ1) is 41.7. The van der Waals surface area contributed by atoms with Crippen LogP contribution < -0.4 is 5.32 Å². The molecule has 0 aliphatic heterocycles. The van der Waals surface area contributed by atoms with Gasteiger partial charge in [-0.2, -0.15) is 0 Å². The molecule has 0 spiro atoms. The van der Waals surface area contributed by atoms with Crippen LogP contribution in [0.2, 0.25) is 0 Å². The summed E-state index contributed by atoms with van der Waals surface area (Å²) in [4.78, 5) is 50.3. The smallest absolute Gasteiger partial charge is 0.465 e. The Hall–Kier alpha value is -2.30. The number of amides is 1. The molecule has 0 saturated heterocycles. The number of nitrogens with zero attached hydrogens (tertiary/aromatic N) is 1. The Labute approximate surface area is 276 Å². The van der Waals surface area contributed by atoms with Crippen LogP contribution in [0.4, 0.5) is 0 Å². The second kappa shape index (κ2) is 17.7. The van der Waals surface area contributed by atoms with Gasteiger partial charge in [0.25, 0.3) is 0 Å². The summed E-state index contributed by atoms with van der Waals surface area (Å²) in [6, 6.07) is 6.21. The second-order valence-electron chi connectivity index (χ2n) is 14.6. The molecule has 0 saturated carbocycles. The number of aryl methyl sites for hydroxylation is 2. The molecule has 264 valence electrons. The predicted molar refractivity (Wildman–Crippen MR) is 179 cm³/mol. The van der Waals surface area contributed by atoms with Crippen molar-refractivity contribution < 1.29 is 46.8 Å². The lowest BCUT2D eigenvalue weighted by molar-refractivity contribution is -0.870. The molecule has 0 heterocycles. The monoisotopic (exact) mass is 671 g/mol. The highest BCUT2D eigenvalue weighted by Crippen LogP contribution is 2.46. The van der Waals surface area contributed by atoms with Crippen LogP contribution in [0, 0.1) is 30.1 Å². The molecule has 0 bridgehead atoms. The molecule has 1 aromatic rings. The van der Waals surface area contributed by atoms with Crippen LogP contribution in [0.5, 0.6) is 0 Å². The summed E-state index contributed by atoms with van der Waals surface area (Å²) >= 11 is 0. The summed E-state index contributed by atoms with van der Waals surface area (Å²) in [5, 5.41) is 3.05. The third-order valence-corrected chi connectivity index (χ3v) is 9.30. The fourth-order valence-corrected chi connectivity index (χ4v) is 5.98. The lowest BCUT2D eigenvalue weighted by Gasteiger charge is -2.40. The number of rotatable bonds is 21. The van der Waals surface area contributed by atoms with Crippen molar-refractivity contribution in [2.75, 3.05) is 60.7 Å². The number of benzene rings is 1. The lowest BCUT2D eigenvalue weighted by Crippen LogP contribution is -2.48. The summed E-state index contributed by atoms with van der Waals surface area (Å²) in [6.07, 6.45) is 1.90. The standard InChI is InChI=1S/C34H59N2O9P/c1-12-19-42-30(38)32(5,6)24-34(8,29(37)35-17-16-28-15-14-26(3)27(4)23-28)25-33(7,13-2)31(39)43-21-22-45-46(40,41)44-20-18-36(9,10)11/h14-15,23H,12-13,16-22,24-25H2,1-11H3,(H-,35,37,40,41)/p+1. The molecule has 0 aromatic heterocycles. The van der Waals surface area contributed by atoms with Crippen LogP contribution >= 0.6 is 7.82 Å². The van der Waals surface area contributed by atoms with Gasteiger partial charge in [0.2, 0.25) is 5.91 Å². The number of hydrogen-bond acceptors (Lipinski definition) is 8. The van der Waals surface area contributed by atoms with Crippen molar-refractivity contribution >= 4 is 25.7 Å². The summed E-state index contributed by atoms with van der Waals surface area (Å²) in [6.45, 7) is 15.4. The minimum atomic E-state index is -4.31. The highest BCUT2D eigenvalue weighted by atomic mass is 31.2. The van der Waals surface area contributed by atoms with Gasteiger partial charge in [0.05, 0.1) is 45.2 Å². The van der Waals surface area contributed by atoms with Gasteiger partial charge in [-0.05, 0) is 83.4 Å². The van der Waals surface area contributed by atoms with E-state index in [2.05, 4.69) is 31.3 Å². The number of quaternary nitrogens is 1. The van der Waals surface area contributed by atoms with Gasteiger partial charge >= 0.3 is 19.8 Å². The van der Waals surface area contributed by atoms with Crippen LogP contribution in [-0.4, -0.2) is 87.9 Å². The molecule has 11 nitrogen and oxygen atoms in total. The Bertz CT molecular complexity index is 1210. The van der Waals surface area contributed by atoms with Gasteiger partial charge in [-0.1, -0.05) is 39.0 Å². The molecule has 2 N–H and O–H groups in total. The summed E-state index contributed by atoms with van der Waals surface area (Å²) in [5.41, 5.74) is 0.229. The quantitative estimate of drug-likeness (QED) is 0.0748. The lowest BCUT2D eigenvalue weighted by atomic mass is 9.64. The molecule has 0 aliphatic rings. The molecule has 1 aromatic carbocycles. The summed E-state index contributed by atoms with van der Waals surface area (Å²) in [5.74, 6) is -1.24. The average molecular weight is 672 g/mol. The largest absolute Gasteiger partial charge is 0.472 e. The Kier molecular flexibility index (Phi) is 16.1. The van der Waals surface area contributed by atoms with Gasteiger partial charge in [-0.25, -0.2) is 4.57 Å². The number of nitrogens with one attached hydrogen (secondary N) is 1. The van der Waals surface area contributed by atoms with Crippen LogP contribution in [0.15, 0.2) is 18.2 Å². The molecule has 3 unspecified atom stereocenters. The maximum Gasteiger partial charge on any atom is 0.472 e. The van der Waals surface area contributed by atoms with Gasteiger partial charge in [-0.3, -0.25) is 23.4 Å². The normalized spacial score (nSPS) is 16.1. The van der Waals surface area contributed by atoms with Crippen molar-refractivity contribution in [1.82, 2.24) is 5.32 Å². The first-order valence-corrected chi connectivity index (χ1v) is 17.7. The Morgan fingerprint density at radius 3 is 2.02 bits per heavy atom. The maximum atomic E-state index is 13.9. The fourth-order valence-electron chi connectivity index (χ4n) is 5.28. The van der Waals surface area contributed by atoms with Crippen molar-refractivity contribution in [1.29, 1.82) is 0 Å². The van der Waals surface area contributed by atoms with E-state index in [-0.39, 0.29) is 45.2 Å². The van der Waals surface area contributed by atoms with E-state index in [0.29, 0.717) is 36.8 Å². The van der Waals surface area contributed by atoms with E-state index in [1.807, 2.05) is 41.1 Å². The van der Waals surface area contributed by atoms with Crippen molar-refractivity contribution in [3.05, 3.63) is 34.9 Å². The molecule has 3 atom stereocenters. The minimum Gasteiger partial charge on any atom is -0.465 e. The third kappa shape index (κ3) is 14.2. The van der Waals surface area contributed by atoms with Crippen molar-refractivity contribution in [3.63, 3.8) is 0 Å². The number of likely N-dealkylation sites (N-methyl/N-ethyl adjacent to an activating group) is 1. The van der Waals surface area contributed by atoms with Gasteiger partial charge < -0.3 is 24.2 Å². The van der Waals surface area contributed by atoms with Crippen LogP contribution in [0.1, 0.15) is 83.9 Å². The molecule has 0 aliphatic carbocycles. The van der Waals surface area contributed by atoms with Gasteiger partial charge in [-0.15, -0.1) is 0 Å². The van der Waals surface area contributed by atoms with E-state index >= 15 is 0 Å². The molecule has 46 heavy (non-hydrogen) atoms. The van der Waals surface area contributed by atoms with E-state index in [1.165, 1.54) is 11.1 Å². The van der Waals surface area contributed by atoms with E-state index in [1.54, 1.807) is 27.7 Å². The zero-order valence-electron chi connectivity index (χ0n) is 30.1. The van der Waals surface area contributed by atoms with Gasteiger partial charge in [0.15, 0.2) is 0 Å². The topological polar surface area (TPSA) is 137 Å². The predicted octanol–water partition coefficient (Wildman–Crippen LogP) is 5.53. The molecule has 1 rings (SSSR count). The van der Waals surface area contributed by atoms with Crippen molar-refractivity contribution in [2.45, 2.75) is 87.5 Å². The maximum absolute atomic E-state index is 13.9. The zero-order chi connectivity index (χ0) is 35.4. The van der Waals surface area contributed by atoms with Gasteiger partial charge in [0.1, 0.15) is 19.8 Å². The Morgan fingerprint density at radius 2 is 1.46 bits per heavy atom. The number of carbonyl (C=O) groups excluding carboxylic acids is 3. The fraction of sp³-hybridized carbons (Fsp3) is 0.735. The summed E-state index contributed by atoms with van der Waals surface area (Å²) < 4.78 is 33.7. The molecular formula is C34H60N2O9P+. The molecule has 0 fully saturated rings. The first-order valence-electron chi connectivity index (χ1n) is 16.2. The zero-order valence-corrected chi connectivity index (χ0v) is 31.0. The van der Waals surface area contributed by atoms with E-state index in [9.17, 15) is 23.8 Å². The van der Waals surface area contributed by atoms with E-state index < -0.39 is 36.0 Å². The minimum absolute atomic E-state index is 0.0264. The number of esters is 2. The third-order valence-electron chi connectivity index (χ3n) is 8.28. The van der Waals surface area contributed by atoms with Crippen LogP contribution in [0.25, 0.3) is 0 Å². The Morgan fingerprint density at radius 1 is 0.848 bits per heavy atom. The van der Waals surface area contributed by atoms with E-state index in [4.69, 9.17) is 18.5 Å². The molecule has 1 amide bonds. The highest BCUT2D eigenvalue weighted by molar-refractivity contribution is 7.47. The van der Waals surface area contributed by atoms with Crippen molar-refractivity contribution in [3.8, 4) is 0 Å². The Balaban J connectivity index is 3.04. The van der Waals surface area contributed by atoms with E-state index in [0.717, 1.165) is 5.56 Å². The van der Waals surface area contributed by atoms with Crippen molar-refractivity contribution in [2.24, 2.45) is 16.2 Å². The number of phosphoric ester groups is 1.